The van der Waals surface area contributed by atoms with Gasteiger partial charge in [-0.1, -0.05) is 48.5 Å². The van der Waals surface area contributed by atoms with Crippen LogP contribution in [0, 0.1) is 0 Å². The molecule has 1 aromatic heterocycles. The lowest BCUT2D eigenvalue weighted by Gasteiger charge is -2.08. The normalized spacial score (nSPS) is 11.0. The van der Waals surface area contributed by atoms with Crippen LogP contribution in [0.2, 0.25) is 0 Å². The van der Waals surface area contributed by atoms with Gasteiger partial charge in [0, 0.05) is 17.1 Å². The van der Waals surface area contributed by atoms with Crippen molar-refractivity contribution in [2.45, 2.75) is 12.8 Å². The molecule has 0 aliphatic rings. The summed E-state index contributed by atoms with van der Waals surface area (Å²) in [6, 6.07) is 17.0. The summed E-state index contributed by atoms with van der Waals surface area (Å²) in [7, 11) is 0. The maximum absolute atomic E-state index is 5.63. The second-order valence-corrected chi connectivity index (χ2v) is 4.80. The molecule has 0 amide bonds. The molecule has 1 heterocycles. The third-order valence-electron chi connectivity index (χ3n) is 3.54. The molecule has 0 unspecified atom stereocenters. The zero-order chi connectivity index (χ0) is 13.1. The van der Waals surface area contributed by atoms with E-state index in [-0.39, 0.29) is 0 Å². The molecule has 0 aliphatic heterocycles. The maximum atomic E-state index is 5.63. The van der Waals surface area contributed by atoms with Gasteiger partial charge >= 0.3 is 0 Å². The highest BCUT2D eigenvalue weighted by atomic mass is 14.7. The van der Waals surface area contributed by atoms with Crippen LogP contribution in [0.25, 0.3) is 22.0 Å². The Hall–Kier alpha value is -2.06. The van der Waals surface area contributed by atoms with Gasteiger partial charge in [0.1, 0.15) is 0 Å². The Balaban J connectivity index is 2.11. The number of rotatable bonds is 4. The maximum Gasteiger partial charge on any atom is 0.0536 e. The Labute approximate surface area is 113 Å². The van der Waals surface area contributed by atoms with Crippen molar-refractivity contribution in [3.63, 3.8) is 0 Å². The summed E-state index contributed by atoms with van der Waals surface area (Å²) < 4.78 is 0. The molecule has 3 aromatic rings. The van der Waals surface area contributed by atoms with Crippen LogP contribution in [0.4, 0.5) is 0 Å². The highest BCUT2D eigenvalue weighted by Gasteiger charge is 2.09. The van der Waals surface area contributed by atoms with Gasteiger partial charge in [-0.15, -0.1) is 0 Å². The first-order chi connectivity index (χ1) is 9.40. The molecule has 0 aliphatic carbocycles. The van der Waals surface area contributed by atoms with E-state index in [1.165, 1.54) is 27.6 Å². The summed E-state index contributed by atoms with van der Waals surface area (Å²) in [5.74, 6) is 0. The summed E-state index contributed by atoms with van der Waals surface area (Å²) in [6.45, 7) is 0.736. The first kappa shape index (κ1) is 12.0. The van der Waals surface area contributed by atoms with Crippen molar-refractivity contribution in [1.29, 1.82) is 0 Å². The number of aromatic nitrogens is 1. The Bertz CT molecular complexity index is 682. The fourth-order valence-corrected chi connectivity index (χ4v) is 2.58. The second kappa shape index (κ2) is 5.29. The highest BCUT2D eigenvalue weighted by molar-refractivity contribution is 5.96. The van der Waals surface area contributed by atoms with E-state index in [0.717, 1.165) is 19.4 Å². The molecule has 3 N–H and O–H groups in total. The smallest absolute Gasteiger partial charge is 0.0536 e. The van der Waals surface area contributed by atoms with Gasteiger partial charge in [0.2, 0.25) is 0 Å². The van der Waals surface area contributed by atoms with E-state index in [2.05, 4.69) is 59.7 Å². The van der Waals surface area contributed by atoms with Crippen LogP contribution in [0.15, 0.2) is 54.7 Å². The monoisotopic (exact) mass is 250 g/mol. The quantitative estimate of drug-likeness (QED) is 0.728. The molecule has 19 heavy (non-hydrogen) atoms. The van der Waals surface area contributed by atoms with Gasteiger partial charge in [0.25, 0.3) is 0 Å². The van der Waals surface area contributed by atoms with Gasteiger partial charge in [0.15, 0.2) is 0 Å². The number of benzene rings is 2. The van der Waals surface area contributed by atoms with Gasteiger partial charge in [-0.05, 0) is 30.3 Å². The van der Waals surface area contributed by atoms with E-state index < -0.39 is 0 Å². The van der Waals surface area contributed by atoms with Crippen LogP contribution in [-0.4, -0.2) is 11.5 Å². The van der Waals surface area contributed by atoms with E-state index in [1.807, 2.05) is 0 Å². The fraction of sp³-hybridized carbons (Fsp3) is 0.176. The van der Waals surface area contributed by atoms with Crippen LogP contribution in [0.5, 0.6) is 0 Å². The summed E-state index contributed by atoms with van der Waals surface area (Å²) >= 11 is 0. The van der Waals surface area contributed by atoms with Crippen molar-refractivity contribution in [2.24, 2.45) is 5.73 Å². The van der Waals surface area contributed by atoms with Gasteiger partial charge in [0.05, 0.1) is 5.69 Å². The zero-order valence-corrected chi connectivity index (χ0v) is 10.9. The molecule has 96 valence electrons. The summed E-state index contributed by atoms with van der Waals surface area (Å²) in [5.41, 5.74) is 9.49. The lowest BCUT2D eigenvalue weighted by atomic mass is 9.98. The average molecular weight is 250 g/mol. The molecule has 0 spiro atoms. The number of nitrogens with two attached hydrogens (primary N) is 1. The highest BCUT2D eigenvalue weighted by Crippen LogP contribution is 2.30. The van der Waals surface area contributed by atoms with E-state index in [4.69, 9.17) is 5.73 Å². The first-order valence-electron chi connectivity index (χ1n) is 6.74. The summed E-state index contributed by atoms with van der Waals surface area (Å²) in [5, 5.41) is 2.54. The molecule has 2 aromatic carbocycles. The fourth-order valence-electron chi connectivity index (χ4n) is 2.58. The van der Waals surface area contributed by atoms with Crippen molar-refractivity contribution < 1.29 is 0 Å². The van der Waals surface area contributed by atoms with Crippen molar-refractivity contribution in [3.05, 3.63) is 60.3 Å². The van der Waals surface area contributed by atoms with Gasteiger partial charge in [-0.25, -0.2) is 0 Å². The van der Waals surface area contributed by atoms with E-state index in [9.17, 15) is 0 Å². The van der Waals surface area contributed by atoms with Crippen molar-refractivity contribution in [2.75, 3.05) is 6.54 Å². The van der Waals surface area contributed by atoms with Gasteiger partial charge < -0.3 is 10.7 Å². The molecule has 0 radical (unpaired) electrons. The molecular weight excluding hydrogens is 232 g/mol. The number of H-pyrrole nitrogens is 1. The Kier molecular flexibility index (Phi) is 3.34. The van der Waals surface area contributed by atoms with E-state index >= 15 is 0 Å². The first-order valence-corrected chi connectivity index (χ1v) is 6.74. The number of hydrogen-bond donors (Lipinski definition) is 2. The lowest BCUT2D eigenvalue weighted by Crippen LogP contribution is -2.01. The molecule has 0 fully saturated rings. The SMILES string of the molecule is NCCCc1ccccc1-c1[nH]cc2ccccc12. The van der Waals surface area contributed by atoms with Gasteiger partial charge in [-0.3, -0.25) is 0 Å². The zero-order valence-electron chi connectivity index (χ0n) is 10.9. The minimum atomic E-state index is 0.736. The number of hydrogen-bond acceptors (Lipinski definition) is 1. The second-order valence-electron chi connectivity index (χ2n) is 4.80. The predicted molar refractivity (Wildman–Crippen MR) is 81.1 cm³/mol. The molecule has 0 bridgehead atoms. The predicted octanol–water partition coefficient (Wildman–Crippen LogP) is 3.73. The Morgan fingerprint density at radius 3 is 2.63 bits per heavy atom. The largest absolute Gasteiger partial charge is 0.360 e. The molecular formula is C17H18N2. The molecule has 0 atom stereocenters. The minimum Gasteiger partial charge on any atom is -0.360 e. The van der Waals surface area contributed by atoms with Crippen LogP contribution < -0.4 is 5.73 Å². The van der Waals surface area contributed by atoms with Crippen LogP contribution in [0.3, 0.4) is 0 Å². The molecule has 2 nitrogen and oxygen atoms in total. The van der Waals surface area contributed by atoms with Crippen molar-refractivity contribution in [3.8, 4) is 11.3 Å². The van der Waals surface area contributed by atoms with Crippen molar-refractivity contribution in [1.82, 2.24) is 4.98 Å². The minimum absolute atomic E-state index is 0.736. The van der Waals surface area contributed by atoms with Crippen LogP contribution in [0.1, 0.15) is 12.0 Å². The summed E-state index contributed by atoms with van der Waals surface area (Å²) in [4.78, 5) is 3.42. The molecule has 2 heteroatoms. The van der Waals surface area contributed by atoms with Crippen LogP contribution in [-0.2, 0) is 6.42 Å². The topological polar surface area (TPSA) is 41.8 Å². The Morgan fingerprint density at radius 2 is 1.74 bits per heavy atom. The average Bonchev–Trinajstić information content (AvgIpc) is 2.89. The number of fused-ring (bicyclic) bond motifs is 1. The number of nitrogens with one attached hydrogen (secondary N) is 1. The van der Waals surface area contributed by atoms with Gasteiger partial charge in [-0.2, -0.15) is 0 Å². The number of aromatic amines is 1. The molecule has 0 saturated carbocycles. The third-order valence-corrected chi connectivity index (χ3v) is 3.54. The Morgan fingerprint density at radius 1 is 0.947 bits per heavy atom. The third kappa shape index (κ3) is 2.27. The van der Waals surface area contributed by atoms with Crippen molar-refractivity contribution >= 4 is 10.8 Å². The number of aryl methyl sites for hydroxylation is 1. The molecule has 0 saturated heterocycles. The molecule has 3 rings (SSSR count). The van der Waals surface area contributed by atoms with Crippen LogP contribution >= 0.6 is 0 Å². The summed E-state index contributed by atoms with van der Waals surface area (Å²) in [6.07, 6.45) is 4.13. The van der Waals surface area contributed by atoms with E-state index in [1.54, 1.807) is 0 Å². The standard InChI is InChI=1S/C17H18N2/c18-11-5-8-13-6-1-3-9-15(13)17-16-10-4-2-7-14(16)12-19-17/h1-4,6-7,9-10,12,19H,5,8,11,18H2. The lowest BCUT2D eigenvalue weighted by molar-refractivity contribution is 0.833. The van der Waals surface area contributed by atoms with E-state index in [0.29, 0.717) is 0 Å².